The number of hydrogen-bond donors (Lipinski definition) is 1. The largest absolute Gasteiger partial charge is 0.373 e. The molecule has 4 amide bonds. The van der Waals surface area contributed by atoms with Crippen LogP contribution in [0, 0.1) is 12.3 Å². The fourth-order valence-electron chi connectivity index (χ4n) is 3.21. The van der Waals surface area contributed by atoms with Crippen LogP contribution in [0.2, 0.25) is 0 Å². The van der Waals surface area contributed by atoms with Crippen LogP contribution in [0.25, 0.3) is 0 Å². The van der Waals surface area contributed by atoms with Gasteiger partial charge in [0, 0.05) is 26.3 Å². The number of anilines is 1. The van der Waals surface area contributed by atoms with Crippen molar-refractivity contribution < 1.29 is 14.4 Å². The number of hydrogen-bond acceptors (Lipinski definition) is 4. The third-order valence-electron chi connectivity index (χ3n) is 4.32. The number of amides is 4. The summed E-state index contributed by atoms with van der Waals surface area (Å²) < 4.78 is 0. The Labute approximate surface area is 122 Å². The highest BCUT2D eigenvalue weighted by molar-refractivity contribution is 6.19. The van der Waals surface area contributed by atoms with Gasteiger partial charge in [0.05, 0.1) is 0 Å². The number of aryl methyl sites for hydroxylation is 1. The second-order valence-corrected chi connectivity index (χ2v) is 5.87. The molecule has 1 atom stereocenters. The van der Waals surface area contributed by atoms with Crippen molar-refractivity contribution in [1.29, 1.82) is 0 Å². The van der Waals surface area contributed by atoms with Crippen LogP contribution in [0.1, 0.15) is 11.1 Å². The van der Waals surface area contributed by atoms with Gasteiger partial charge in [-0.3, -0.25) is 19.8 Å². The highest BCUT2D eigenvalue weighted by atomic mass is 16.2. The number of urea groups is 1. The lowest BCUT2D eigenvalue weighted by Crippen LogP contribution is -2.67. The number of benzene rings is 1. The Morgan fingerprint density at radius 3 is 2.62 bits per heavy atom. The summed E-state index contributed by atoms with van der Waals surface area (Å²) in [6.45, 7) is 2.24. The van der Waals surface area contributed by atoms with Crippen molar-refractivity contribution in [1.82, 2.24) is 10.2 Å². The summed E-state index contributed by atoms with van der Waals surface area (Å²) in [6.07, 6.45) is 0.316. The average Bonchev–Trinajstić information content (AvgIpc) is 2.43. The quantitative estimate of drug-likeness (QED) is 0.713. The minimum absolute atomic E-state index is 0.269. The zero-order valence-corrected chi connectivity index (χ0v) is 12.3. The Morgan fingerprint density at radius 1 is 1.19 bits per heavy atom. The van der Waals surface area contributed by atoms with E-state index in [1.807, 2.05) is 37.1 Å². The van der Waals surface area contributed by atoms with Crippen molar-refractivity contribution in [2.24, 2.45) is 5.41 Å². The van der Waals surface area contributed by atoms with Crippen LogP contribution >= 0.6 is 0 Å². The second-order valence-electron chi connectivity index (χ2n) is 5.87. The maximum absolute atomic E-state index is 12.6. The van der Waals surface area contributed by atoms with Crippen molar-refractivity contribution in [3.63, 3.8) is 0 Å². The molecule has 1 N–H and O–H groups in total. The number of nitrogens with zero attached hydrogens (tertiary/aromatic N) is 2. The van der Waals surface area contributed by atoms with Crippen LogP contribution in [0.5, 0.6) is 0 Å². The normalized spacial score (nSPS) is 25.2. The van der Waals surface area contributed by atoms with Crippen LogP contribution < -0.4 is 10.2 Å². The molecule has 0 unspecified atom stereocenters. The van der Waals surface area contributed by atoms with Crippen LogP contribution in [-0.4, -0.2) is 43.4 Å². The van der Waals surface area contributed by atoms with E-state index in [9.17, 15) is 14.4 Å². The Hall–Kier alpha value is -2.37. The molecular formula is C15H17N3O3. The van der Waals surface area contributed by atoms with Gasteiger partial charge in [0.1, 0.15) is 5.41 Å². The Kier molecular flexibility index (Phi) is 2.79. The number of nitrogens with one attached hydrogen (secondary N) is 1. The number of rotatable bonds is 0. The molecule has 0 bridgehead atoms. The number of carbonyl (C=O) groups excluding carboxylic acids is 3. The molecule has 6 heteroatoms. The molecule has 3 rings (SSSR count). The minimum atomic E-state index is -1.22. The predicted octanol–water partition coefficient (Wildman–Crippen LogP) is 0.682. The number of fused-ring (bicyclic) bond motifs is 1. The van der Waals surface area contributed by atoms with E-state index in [-0.39, 0.29) is 6.54 Å². The van der Waals surface area contributed by atoms with E-state index in [1.54, 1.807) is 0 Å². The smallest absolute Gasteiger partial charge is 0.330 e. The van der Waals surface area contributed by atoms with E-state index < -0.39 is 23.3 Å². The summed E-state index contributed by atoms with van der Waals surface area (Å²) in [5.41, 5.74) is 1.83. The summed E-state index contributed by atoms with van der Waals surface area (Å²) in [5, 5.41) is 2.29. The molecule has 2 heterocycles. The van der Waals surface area contributed by atoms with Crippen LogP contribution in [0.3, 0.4) is 0 Å². The van der Waals surface area contributed by atoms with E-state index in [1.165, 1.54) is 7.05 Å². The molecule has 6 nitrogen and oxygen atoms in total. The topological polar surface area (TPSA) is 69.7 Å². The van der Waals surface area contributed by atoms with E-state index in [4.69, 9.17) is 0 Å². The molecule has 1 aromatic rings. The molecular weight excluding hydrogens is 270 g/mol. The lowest BCUT2D eigenvalue weighted by Gasteiger charge is -2.44. The van der Waals surface area contributed by atoms with Gasteiger partial charge in [-0.05, 0) is 25.0 Å². The summed E-state index contributed by atoms with van der Waals surface area (Å²) in [4.78, 5) is 39.4. The maximum atomic E-state index is 12.6. The first-order valence-electron chi connectivity index (χ1n) is 6.79. The lowest BCUT2D eigenvalue weighted by molar-refractivity contribution is -0.150. The summed E-state index contributed by atoms with van der Waals surface area (Å²) in [7, 11) is 3.25. The molecule has 0 saturated carbocycles. The Bertz CT molecular complexity index is 670. The third-order valence-corrected chi connectivity index (χ3v) is 4.32. The monoisotopic (exact) mass is 287 g/mol. The summed E-state index contributed by atoms with van der Waals surface area (Å²) in [6, 6.07) is 5.33. The first kappa shape index (κ1) is 13.6. The second kappa shape index (κ2) is 4.31. The van der Waals surface area contributed by atoms with Crippen LogP contribution in [-0.2, 0) is 16.0 Å². The van der Waals surface area contributed by atoms with Gasteiger partial charge in [-0.15, -0.1) is 0 Å². The average molecular weight is 287 g/mol. The van der Waals surface area contributed by atoms with Gasteiger partial charge in [-0.2, -0.15) is 0 Å². The Balaban J connectivity index is 2.09. The molecule has 2 aliphatic rings. The van der Waals surface area contributed by atoms with Crippen LogP contribution in [0.4, 0.5) is 10.5 Å². The first-order valence-corrected chi connectivity index (χ1v) is 6.79. The van der Waals surface area contributed by atoms with Crippen molar-refractivity contribution in [3.8, 4) is 0 Å². The highest BCUT2D eigenvalue weighted by Crippen LogP contribution is 2.39. The van der Waals surface area contributed by atoms with Gasteiger partial charge in [0.25, 0.3) is 0 Å². The number of barbiturate groups is 1. The van der Waals surface area contributed by atoms with Gasteiger partial charge in [-0.25, -0.2) is 4.79 Å². The van der Waals surface area contributed by atoms with E-state index in [2.05, 4.69) is 5.32 Å². The fraction of sp³-hybridized carbons (Fsp3) is 0.400. The third kappa shape index (κ3) is 1.82. The van der Waals surface area contributed by atoms with Crippen molar-refractivity contribution in [2.45, 2.75) is 13.3 Å². The SMILES string of the molecule is Cc1ccc2c(c1)C[C@@]1(CN2C)C(=O)NC(=O)N(C)C1=O. The van der Waals surface area contributed by atoms with Gasteiger partial charge < -0.3 is 4.90 Å². The van der Waals surface area contributed by atoms with Crippen LogP contribution in [0.15, 0.2) is 18.2 Å². The molecule has 0 aliphatic carbocycles. The zero-order valence-electron chi connectivity index (χ0n) is 12.3. The molecule has 110 valence electrons. The molecule has 1 fully saturated rings. The number of carbonyl (C=O) groups is 3. The van der Waals surface area contributed by atoms with E-state index in [0.29, 0.717) is 6.42 Å². The maximum Gasteiger partial charge on any atom is 0.330 e. The lowest BCUT2D eigenvalue weighted by atomic mass is 9.74. The molecule has 21 heavy (non-hydrogen) atoms. The minimum Gasteiger partial charge on any atom is -0.373 e. The number of imide groups is 2. The van der Waals surface area contributed by atoms with E-state index in [0.717, 1.165) is 21.7 Å². The van der Waals surface area contributed by atoms with Gasteiger partial charge >= 0.3 is 6.03 Å². The highest BCUT2D eigenvalue weighted by Gasteiger charge is 2.55. The molecule has 1 spiro atoms. The first-order chi connectivity index (χ1) is 9.85. The molecule has 1 aromatic carbocycles. The summed E-state index contributed by atoms with van der Waals surface area (Å²) in [5.74, 6) is -0.940. The van der Waals surface area contributed by atoms with Crippen molar-refractivity contribution in [3.05, 3.63) is 29.3 Å². The van der Waals surface area contributed by atoms with Crippen molar-refractivity contribution >= 4 is 23.5 Å². The predicted molar refractivity (Wildman–Crippen MR) is 76.9 cm³/mol. The van der Waals surface area contributed by atoms with Gasteiger partial charge in [0.2, 0.25) is 11.8 Å². The molecule has 0 aromatic heterocycles. The fourth-order valence-corrected chi connectivity index (χ4v) is 3.21. The molecule has 1 saturated heterocycles. The Morgan fingerprint density at radius 2 is 1.90 bits per heavy atom. The molecule has 2 aliphatic heterocycles. The molecule has 0 radical (unpaired) electrons. The van der Waals surface area contributed by atoms with Crippen molar-refractivity contribution in [2.75, 3.05) is 25.5 Å². The standard InChI is InChI=1S/C15H17N3O3/c1-9-4-5-11-10(6-9)7-15(8-17(11)2)12(19)16-14(21)18(3)13(15)20/h4-6H,7-8H2,1-3H3,(H,16,19,21)/t15-/m1/s1. The van der Waals surface area contributed by atoms with E-state index >= 15 is 0 Å². The summed E-state index contributed by atoms with van der Waals surface area (Å²) >= 11 is 0. The zero-order chi connectivity index (χ0) is 15.4. The van der Waals surface area contributed by atoms with Gasteiger partial charge in [0.15, 0.2) is 0 Å². The van der Waals surface area contributed by atoms with Gasteiger partial charge in [-0.1, -0.05) is 17.7 Å².